The van der Waals surface area contributed by atoms with Crippen molar-refractivity contribution in [2.24, 2.45) is 0 Å². The summed E-state index contributed by atoms with van der Waals surface area (Å²) in [6.07, 6.45) is 0. The fourth-order valence-corrected chi connectivity index (χ4v) is 7.63. The van der Waals surface area contributed by atoms with Crippen LogP contribution in [0.15, 0.2) is 188 Å². The van der Waals surface area contributed by atoms with E-state index in [4.69, 9.17) is 9.97 Å². The van der Waals surface area contributed by atoms with Crippen molar-refractivity contribution in [2.75, 3.05) is 0 Å². The molecule has 9 rings (SSSR count). The first-order valence-corrected chi connectivity index (χ1v) is 17.1. The molecule has 3 nitrogen and oxygen atoms in total. The van der Waals surface area contributed by atoms with E-state index in [1.54, 1.807) is 0 Å². The first-order valence-electron chi connectivity index (χ1n) is 17.1. The van der Waals surface area contributed by atoms with Crippen LogP contribution in [0.25, 0.3) is 56.2 Å². The lowest BCUT2D eigenvalue weighted by molar-refractivity contribution is 0.769. The third-order valence-electron chi connectivity index (χ3n) is 10.0. The lowest BCUT2D eigenvalue weighted by atomic mass is 9.67. The monoisotopic (exact) mass is 649 g/mol. The number of hydrogen-bond donors (Lipinski definition) is 0. The molecular weight excluding hydrogens is 619 g/mol. The molecule has 0 saturated carbocycles. The third kappa shape index (κ3) is 5.14. The van der Waals surface area contributed by atoms with Crippen molar-refractivity contribution in [2.45, 2.75) is 5.41 Å². The van der Waals surface area contributed by atoms with Crippen LogP contribution in [0.5, 0.6) is 0 Å². The molecule has 0 bridgehead atoms. The molecule has 1 aliphatic rings. The van der Waals surface area contributed by atoms with Gasteiger partial charge in [0.15, 0.2) is 5.82 Å². The normalized spacial score (nSPS) is 12.5. The van der Waals surface area contributed by atoms with E-state index in [9.17, 15) is 5.26 Å². The molecule has 0 radical (unpaired) electrons. The number of benzene rings is 7. The highest BCUT2D eigenvalue weighted by molar-refractivity contribution is 5.90. The van der Waals surface area contributed by atoms with Crippen LogP contribution in [0.2, 0.25) is 0 Å². The van der Waals surface area contributed by atoms with E-state index in [1.807, 2.05) is 60.7 Å². The SMILES string of the molecule is N#Cc1ccc(-c2ccc3c(c2)C(c2ccccc2)(c2ccccc2)c2cc(-c4cc(-c5ccccc5)nc(-c5ccccc5)n4)ccc2-3)cc1. The van der Waals surface area contributed by atoms with Crippen molar-refractivity contribution in [3.05, 3.63) is 216 Å². The van der Waals surface area contributed by atoms with Crippen LogP contribution in [0.4, 0.5) is 0 Å². The third-order valence-corrected chi connectivity index (χ3v) is 10.0. The van der Waals surface area contributed by atoms with Gasteiger partial charge in [-0.1, -0.05) is 158 Å². The number of nitrogens with zero attached hydrogens (tertiary/aromatic N) is 3. The molecule has 1 aromatic heterocycles. The molecule has 238 valence electrons. The van der Waals surface area contributed by atoms with E-state index >= 15 is 0 Å². The minimum Gasteiger partial charge on any atom is -0.228 e. The van der Waals surface area contributed by atoms with Gasteiger partial charge < -0.3 is 0 Å². The lowest BCUT2D eigenvalue weighted by Gasteiger charge is -2.34. The zero-order valence-corrected chi connectivity index (χ0v) is 27.7. The number of nitriles is 1. The van der Waals surface area contributed by atoms with Gasteiger partial charge in [-0.25, -0.2) is 9.97 Å². The maximum absolute atomic E-state index is 9.44. The molecule has 0 fully saturated rings. The van der Waals surface area contributed by atoms with Crippen LogP contribution in [-0.2, 0) is 5.41 Å². The van der Waals surface area contributed by atoms with Crippen molar-refractivity contribution in [3.63, 3.8) is 0 Å². The number of rotatable bonds is 6. The minimum atomic E-state index is -0.594. The Labute approximate surface area is 297 Å². The summed E-state index contributed by atoms with van der Waals surface area (Å²) in [6, 6.07) is 68.1. The summed E-state index contributed by atoms with van der Waals surface area (Å²) in [6.45, 7) is 0. The van der Waals surface area contributed by atoms with E-state index in [-0.39, 0.29) is 0 Å². The van der Waals surface area contributed by atoms with E-state index in [0.29, 0.717) is 11.4 Å². The number of fused-ring (bicyclic) bond motifs is 3. The fraction of sp³-hybridized carbons (Fsp3) is 0.0208. The molecule has 7 aromatic carbocycles. The summed E-state index contributed by atoms with van der Waals surface area (Å²) < 4.78 is 0. The Hall–Kier alpha value is -6.89. The van der Waals surface area contributed by atoms with Crippen LogP contribution in [0.1, 0.15) is 27.8 Å². The molecule has 0 atom stereocenters. The quantitative estimate of drug-likeness (QED) is 0.180. The maximum Gasteiger partial charge on any atom is 0.160 e. The van der Waals surface area contributed by atoms with Crippen molar-refractivity contribution in [3.8, 4) is 62.2 Å². The van der Waals surface area contributed by atoms with Gasteiger partial charge in [-0.3, -0.25) is 0 Å². The highest BCUT2D eigenvalue weighted by Gasteiger charge is 2.46. The smallest absolute Gasteiger partial charge is 0.160 e. The Balaban J connectivity index is 1.31. The Morgan fingerprint density at radius 1 is 0.392 bits per heavy atom. The van der Waals surface area contributed by atoms with Gasteiger partial charge in [0, 0.05) is 16.7 Å². The molecule has 0 spiro atoms. The highest BCUT2D eigenvalue weighted by Crippen LogP contribution is 2.57. The summed E-state index contributed by atoms with van der Waals surface area (Å²) in [5.74, 6) is 0.695. The molecular formula is C48H31N3. The fourth-order valence-electron chi connectivity index (χ4n) is 7.63. The van der Waals surface area contributed by atoms with E-state index < -0.39 is 5.41 Å². The van der Waals surface area contributed by atoms with Crippen LogP contribution in [0.3, 0.4) is 0 Å². The predicted octanol–water partition coefficient (Wildman–Crippen LogP) is 11.4. The second-order valence-corrected chi connectivity index (χ2v) is 12.9. The number of aromatic nitrogens is 2. The van der Waals surface area contributed by atoms with Crippen molar-refractivity contribution >= 4 is 0 Å². The van der Waals surface area contributed by atoms with Crippen LogP contribution < -0.4 is 0 Å². The lowest BCUT2D eigenvalue weighted by Crippen LogP contribution is -2.28. The standard InChI is InChI=1S/C48H31N3/c49-32-33-21-23-34(24-22-33)37-25-27-41-42-28-26-38(46-31-45(35-13-5-1-6-14-35)50-47(51-46)36-15-7-2-8-16-36)30-44(42)48(43(41)29-37,39-17-9-3-10-18-39)40-19-11-4-12-20-40/h1-31H. The second-order valence-electron chi connectivity index (χ2n) is 12.9. The Kier molecular flexibility index (Phi) is 7.42. The van der Waals surface area contributed by atoms with Gasteiger partial charge in [-0.05, 0) is 74.8 Å². The van der Waals surface area contributed by atoms with E-state index in [2.05, 4.69) is 133 Å². The number of hydrogen-bond acceptors (Lipinski definition) is 3. The summed E-state index contributed by atoms with van der Waals surface area (Å²) in [4.78, 5) is 10.2. The zero-order valence-electron chi connectivity index (χ0n) is 27.7. The summed E-state index contributed by atoms with van der Waals surface area (Å²) in [5.41, 5.74) is 14.3. The Morgan fingerprint density at radius 3 is 1.39 bits per heavy atom. The predicted molar refractivity (Wildman–Crippen MR) is 206 cm³/mol. The minimum absolute atomic E-state index is 0.594. The average molecular weight is 650 g/mol. The molecule has 0 amide bonds. The van der Waals surface area contributed by atoms with Gasteiger partial charge in [0.2, 0.25) is 0 Å². The van der Waals surface area contributed by atoms with E-state index in [0.717, 1.165) is 39.2 Å². The van der Waals surface area contributed by atoms with Crippen LogP contribution in [-0.4, -0.2) is 9.97 Å². The molecule has 1 aliphatic carbocycles. The summed E-state index contributed by atoms with van der Waals surface area (Å²) >= 11 is 0. The first-order chi connectivity index (χ1) is 25.2. The second kappa shape index (κ2) is 12.5. The molecule has 0 N–H and O–H groups in total. The molecule has 0 aliphatic heterocycles. The highest BCUT2D eigenvalue weighted by atomic mass is 14.9. The maximum atomic E-state index is 9.44. The molecule has 1 heterocycles. The van der Waals surface area contributed by atoms with Gasteiger partial charge in [0.25, 0.3) is 0 Å². The Bertz CT molecular complexity index is 2460. The van der Waals surface area contributed by atoms with E-state index in [1.165, 1.54) is 33.4 Å². The summed E-state index contributed by atoms with van der Waals surface area (Å²) in [7, 11) is 0. The van der Waals surface area contributed by atoms with Crippen LogP contribution in [0, 0.1) is 11.3 Å². The molecule has 8 aromatic rings. The van der Waals surface area contributed by atoms with Crippen molar-refractivity contribution < 1.29 is 0 Å². The van der Waals surface area contributed by atoms with Gasteiger partial charge in [-0.15, -0.1) is 0 Å². The average Bonchev–Trinajstić information content (AvgIpc) is 3.51. The summed E-state index contributed by atoms with van der Waals surface area (Å²) in [5, 5.41) is 9.44. The van der Waals surface area contributed by atoms with Crippen molar-refractivity contribution in [1.29, 1.82) is 5.26 Å². The molecule has 0 unspecified atom stereocenters. The van der Waals surface area contributed by atoms with Gasteiger partial charge >= 0.3 is 0 Å². The van der Waals surface area contributed by atoms with Gasteiger partial charge in [0.1, 0.15) is 0 Å². The van der Waals surface area contributed by atoms with Gasteiger partial charge in [0.05, 0.1) is 28.4 Å². The molecule has 51 heavy (non-hydrogen) atoms. The Morgan fingerprint density at radius 2 is 0.843 bits per heavy atom. The van der Waals surface area contributed by atoms with Crippen LogP contribution >= 0.6 is 0 Å². The van der Waals surface area contributed by atoms with Gasteiger partial charge in [-0.2, -0.15) is 5.26 Å². The topological polar surface area (TPSA) is 49.6 Å². The molecule has 0 saturated heterocycles. The largest absolute Gasteiger partial charge is 0.228 e. The zero-order chi connectivity index (χ0) is 34.2. The molecule has 3 heteroatoms. The first kappa shape index (κ1) is 30.2. The van der Waals surface area contributed by atoms with Crippen molar-refractivity contribution in [1.82, 2.24) is 9.97 Å².